The molecule has 0 amide bonds. The van der Waals surface area contributed by atoms with Crippen molar-refractivity contribution in [3.05, 3.63) is 58.9 Å². The molecule has 0 aliphatic carbocycles. The van der Waals surface area contributed by atoms with Crippen LogP contribution in [0.5, 0.6) is 0 Å². The lowest BCUT2D eigenvalue weighted by Crippen LogP contribution is -2.22. The second kappa shape index (κ2) is 4.11. The van der Waals surface area contributed by atoms with Gasteiger partial charge in [0.15, 0.2) is 0 Å². The lowest BCUT2D eigenvalue weighted by atomic mass is 10.1. The molecule has 2 heterocycles. The van der Waals surface area contributed by atoms with Gasteiger partial charge in [0.1, 0.15) is 11.7 Å². The molecule has 3 aromatic rings. The van der Waals surface area contributed by atoms with Gasteiger partial charge in [-0.2, -0.15) is 0 Å². The minimum Gasteiger partial charge on any atom is -0.322 e. The van der Waals surface area contributed by atoms with Crippen molar-refractivity contribution in [1.29, 1.82) is 5.41 Å². The molecule has 4 rings (SSSR count). The molecule has 0 saturated carbocycles. The van der Waals surface area contributed by atoms with E-state index < -0.39 is 0 Å². The minimum absolute atomic E-state index is 0.298. The molecule has 0 spiro atoms. The quantitative estimate of drug-likeness (QED) is 0.738. The van der Waals surface area contributed by atoms with E-state index in [2.05, 4.69) is 4.98 Å². The van der Waals surface area contributed by atoms with Gasteiger partial charge in [-0.15, -0.1) is 11.3 Å². The zero-order valence-corrected chi connectivity index (χ0v) is 11.2. The van der Waals surface area contributed by atoms with Crippen molar-refractivity contribution in [2.45, 2.75) is 6.54 Å². The fraction of sp³-hybridized carbons (Fsp3) is 0.0667. The molecule has 0 saturated heterocycles. The topological polar surface area (TPSA) is 40.0 Å². The molecule has 0 atom stereocenters. The minimum atomic E-state index is -0.298. The molecule has 1 aliphatic rings. The van der Waals surface area contributed by atoms with E-state index in [9.17, 15) is 4.39 Å². The van der Waals surface area contributed by atoms with E-state index in [1.165, 1.54) is 12.1 Å². The molecule has 0 unspecified atom stereocenters. The van der Waals surface area contributed by atoms with E-state index in [1.54, 1.807) is 17.4 Å². The Morgan fingerprint density at radius 2 is 2.10 bits per heavy atom. The van der Waals surface area contributed by atoms with Crippen molar-refractivity contribution in [3.8, 4) is 0 Å². The lowest BCUT2D eigenvalue weighted by Gasteiger charge is -2.17. The molecule has 1 aromatic heterocycles. The average molecular weight is 283 g/mol. The molecule has 1 N–H and O–H groups in total. The highest BCUT2D eigenvalue weighted by Gasteiger charge is 2.25. The van der Waals surface area contributed by atoms with Gasteiger partial charge in [0.05, 0.1) is 22.3 Å². The van der Waals surface area contributed by atoms with Crippen molar-refractivity contribution >= 4 is 33.1 Å². The van der Waals surface area contributed by atoms with Crippen LogP contribution in [-0.4, -0.2) is 10.8 Å². The molecular formula is C15H10FN3S. The van der Waals surface area contributed by atoms with Crippen LogP contribution in [0, 0.1) is 11.2 Å². The van der Waals surface area contributed by atoms with Crippen LogP contribution in [-0.2, 0) is 6.54 Å². The van der Waals surface area contributed by atoms with E-state index in [-0.39, 0.29) is 5.82 Å². The molecule has 0 fully saturated rings. The number of hydrogen-bond acceptors (Lipinski definition) is 3. The van der Waals surface area contributed by atoms with Crippen molar-refractivity contribution in [2.75, 3.05) is 4.90 Å². The highest BCUT2D eigenvalue weighted by Crippen LogP contribution is 2.31. The summed E-state index contributed by atoms with van der Waals surface area (Å²) < 4.78 is 14.4. The average Bonchev–Trinajstić information content (AvgIpc) is 3.03. The number of benzene rings is 2. The number of anilines is 1. The summed E-state index contributed by atoms with van der Waals surface area (Å²) in [6, 6.07) is 10.6. The Bertz CT molecular complexity index is 840. The van der Waals surface area contributed by atoms with Gasteiger partial charge < -0.3 is 4.90 Å². The molecule has 3 nitrogen and oxygen atoms in total. The maximum Gasteiger partial charge on any atom is 0.133 e. The summed E-state index contributed by atoms with van der Waals surface area (Å²) >= 11 is 1.58. The first kappa shape index (κ1) is 11.5. The maximum atomic E-state index is 13.3. The summed E-state index contributed by atoms with van der Waals surface area (Å²) in [7, 11) is 0. The first-order chi connectivity index (χ1) is 9.72. The fourth-order valence-corrected chi connectivity index (χ4v) is 3.24. The highest BCUT2D eigenvalue weighted by atomic mass is 32.1. The van der Waals surface area contributed by atoms with Gasteiger partial charge in [0.25, 0.3) is 0 Å². The fourth-order valence-electron chi connectivity index (χ4n) is 2.53. The second-order valence-electron chi connectivity index (χ2n) is 4.74. The van der Waals surface area contributed by atoms with Crippen LogP contribution in [0.1, 0.15) is 11.1 Å². The van der Waals surface area contributed by atoms with Crippen molar-refractivity contribution in [3.63, 3.8) is 0 Å². The summed E-state index contributed by atoms with van der Waals surface area (Å²) in [4.78, 5) is 6.15. The van der Waals surface area contributed by atoms with E-state index in [4.69, 9.17) is 5.41 Å². The van der Waals surface area contributed by atoms with Crippen LogP contribution >= 0.6 is 11.3 Å². The van der Waals surface area contributed by atoms with Crippen LogP contribution in [0.15, 0.2) is 41.9 Å². The molecule has 5 heteroatoms. The predicted molar refractivity (Wildman–Crippen MR) is 79.0 cm³/mol. The Morgan fingerprint density at radius 1 is 1.20 bits per heavy atom. The van der Waals surface area contributed by atoms with Crippen LogP contribution in [0.3, 0.4) is 0 Å². The number of amidine groups is 1. The molecule has 1 aliphatic heterocycles. The zero-order valence-electron chi connectivity index (χ0n) is 10.4. The normalized spacial score (nSPS) is 14.1. The highest BCUT2D eigenvalue weighted by molar-refractivity contribution is 7.16. The Morgan fingerprint density at radius 3 is 3.00 bits per heavy atom. The van der Waals surface area contributed by atoms with Crippen LogP contribution in [0.2, 0.25) is 0 Å². The number of thiazole rings is 1. The van der Waals surface area contributed by atoms with Gasteiger partial charge in [-0.05, 0) is 35.9 Å². The van der Waals surface area contributed by atoms with Gasteiger partial charge in [-0.1, -0.05) is 6.07 Å². The summed E-state index contributed by atoms with van der Waals surface area (Å²) in [6.07, 6.45) is 0. The maximum absolute atomic E-state index is 13.3. The SMILES string of the molecule is N=C1c2cc(F)ccc2CN1c1ccc2ncsc2c1. The van der Waals surface area contributed by atoms with Crippen molar-refractivity contribution in [2.24, 2.45) is 0 Å². The summed E-state index contributed by atoms with van der Waals surface area (Å²) in [5.74, 6) is 0.0524. The zero-order chi connectivity index (χ0) is 13.7. The van der Waals surface area contributed by atoms with Gasteiger partial charge in [0.2, 0.25) is 0 Å². The van der Waals surface area contributed by atoms with Crippen LogP contribution in [0.25, 0.3) is 10.2 Å². The van der Waals surface area contributed by atoms with Gasteiger partial charge in [-0.25, -0.2) is 9.37 Å². The van der Waals surface area contributed by atoms with Gasteiger partial charge in [0, 0.05) is 11.3 Å². The number of halogens is 1. The molecule has 0 bridgehead atoms. The number of nitrogens with one attached hydrogen (secondary N) is 1. The third-order valence-electron chi connectivity index (χ3n) is 3.55. The Kier molecular flexibility index (Phi) is 2.37. The third-order valence-corrected chi connectivity index (χ3v) is 4.34. The number of nitrogens with zero attached hydrogens (tertiary/aromatic N) is 2. The summed E-state index contributed by atoms with van der Waals surface area (Å²) in [6.45, 7) is 0.610. The molecule has 0 radical (unpaired) electrons. The first-order valence-electron chi connectivity index (χ1n) is 6.20. The second-order valence-corrected chi connectivity index (χ2v) is 5.63. The van der Waals surface area contributed by atoms with Crippen LogP contribution < -0.4 is 4.90 Å². The number of aromatic nitrogens is 1. The van der Waals surface area contributed by atoms with Crippen molar-refractivity contribution < 1.29 is 4.39 Å². The molecular weight excluding hydrogens is 273 g/mol. The number of hydrogen-bond donors (Lipinski definition) is 1. The Labute approximate surface area is 118 Å². The largest absolute Gasteiger partial charge is 0.322 e. The Hall–Kier alpha value is -2.27. The van der Waals surface area contributed by atoms with Crippen LogP contribution in [0.4, 0.5) is 10.1 Å². The van der Waals surface area contributed by atoms with E-state index >= 15 is 0 Å². The third kappa shape index (κ3) is 1.63. The Balaban J connectivity index is 1.79. The first-order valence-corrected chi connectivity index (χ1v) is 7.08. The standard InChI is InChI=1S/C15H10FN3S/c16-10-2-1-9-7-19(15(17)12(9)5-10)11-3-4-13-14(6-11)20-8-18-13/h1-6,8,17H,7H2. The number of fused-ring (bicyclic) bond motifs is 2. The molecule has 98 valence electrons. The summed E-state index contributed by atoms with van der Waals surface area (Å²) in [5.41, 5.74) is 5.39. The monoisotopic (exact) mass is 283 g/mol. The van der Waals surface area contributed by atoms with Crippen molar-refractivity contribution in [1.82, 2.24) is 4.98 Å². The predicted octanol–water partition coefficient (Wildman–Crippen LogP) is 3.78. The smallest absolute Gasteiger partial charge is 0.133 e. The number of rotatable bonds is 1. The molecule has 20 heavy (non-hydrogen) atoms. The lowest BCUT2D eigenvalue weighted by molar-refractivity contribution is 0.627. The van der Waals surface area contributed by atoms with Gasteiger partial charge >= 0.3 is 0 Å². The summed E-state index contributed by atoms with van der Waals surface area (Å²) in [5, 5.41) is 8.24. The van der Waals surface area contributed by atoms with E-state index in [0.717, 1.165) is 21.5 Å². The van der Waals surface area contributed by atoms with E-state index in [1.807, 2.05) is 28.6 Å². The van der Waals surface area contributed by atoms with E-state index in [0.29, 0.717) is 17.9 Å². The molecule has 2 aromatic carbocycles. The van der Waals surface area contributed by atoms with Gasteiger partial charge in [-0.3, -0.25) is 5.41 Å².